The van der Waals surface area contributed by atoms with Crippen LogP contribution >= 0.6 is 0 Å². The van der Waals surface area contributed by atoms with E-state index in [4.69, 9.17) is 4.74 Å². The number of likely N-dealkylation sites (tertiary alicyclic amines) is 1. The number of fused-ring (bicyclic) bond motifs is 2. The lowest BCUT2D eigenvalue weighted by Crippen LogP contribution is -2.44. The minimum Gasteiger partial charge on any atom is -0.496 e. The maximum Gasteiger partial charge on any atom is 0.264 e. The van der Waals surface area contributed by atoms with Crippen LogP contribution in [-0.4, -0.2) is 46.0 Å². The smallest absolute Gasteiger partial charge is 0.264 e. The van der Waals surface area contributed by atoms with Crippen LogP contribution < -0.4 is 9.04 Å². The van der Waals surface area contributed by atoms with E-state index in [1.807, 2.05) is 29.2 Å². The summed E-state index contributed by atoms with van der Waals surface area (Å²) in [7, 11) is -2.26. The average Bonchev–Trinajstić information content (AvgIpc) is 3.28. The number of nitrogens with zero attached hydrogens (tertiary/aromatic N) is 2. The molecule has 0 unspecified atom stereocenters. The second-order valence-electron chi connectivity index (χ2n) is 9.16. The molecule has 2 aliphatic heterocycles. The highest BCUT2D eigenvalue weighted by Gasteiger charge is 2.35. The summed E-state index contributed by atoms with van der Waals surface area (Å²) < 4.78 is 33.9. The van der Waals surface area contributed by atoms with Gasteiger partial charge in [-0.1, -0.05) is 37.5 Å². The summed E-state index contributed by atoms with van der Waals surface area (Å²) in [6, 6.07) is 12.2. The molecule has 0 aromatic heterocycles. The summed E-state index contributed by atoms with van der Waals surface area (Å²) in [5.74, 6) is 1.56. The molecule has 2 atom stereocenters. The van der Waals surface area contributed by atoms with E-state index in [0.717, 1.165) is 36.7 Å². The largest absolute Gasteiger partial charge is 0.496 e. The lowest BCUT2D eigenvalue weighted by atomic mass is 9.75. The SMILES string of the molecule is COc1ccc(S(=O)(=O)N2CCc3ccccc32)cc1C(=O)N1CC[C@H]2CCCC[C@@H]2C1. The van der Waals surface area contributed by atoms with Gasteiger partial charge in [0.05, 0.1) is 23.3 Å². The van der Waals surface area contributed by atoms with Gasteiger partial charge >= 0.3 is 0 Å². The lowest BCUT2D eigenvalue weighted by Gasteiger charge is -2.41. The van der Waals surface area contributed by atoms with Gasteiger partial charge in [-0.3, -0.25) is 9.10 Å². The first-order valence-electron chi connectivity index (χ1n) is 11.6. The molecule has 3 aliphatic rings. The number of carbonyl (C=O) groups is 1. The minimum atomic E-state index is -3.78. The Kier molecular flexibility index (Phi) is 5.61. The van der Waals surface area contributed by atoms with Crippen molar-refractivity contribution in [3.05, 3.63) is 53.6 Å². The average molecular weight is 455 g/mol. The van der Waals surface area contributed by atoms with E-state index in [1.165, 1.54) is 43.2 Å². The number of methoxy groups -OCH3 is 1. The summed E-state index contributed by atoms with van der Waals surface area (Å²) in [6.45, 7) is 1.88. The Labute approximate surface area is 190 Å². The summed E-state index contributed by atoms with van der Waals surface area (Å²) in [5, 5.41) is 0. The van der Waals surface area contributed by atoms with Gasteiger partial charge in [0.2, 0.25) is 0 Å². The van der Waals surface area contributed by atoms with Gasteiger partial charge in [-0.2, -0.15) is 0 Å². The molecular formula is C25H30N2O4S. The van der Waals surface area contributed by atoms with E-state index in [2.05, 4.69) is 0 Å². The monoisotopic (exact) mass is 454 g/mol. The summed E-state index contributed by atoms with van der Waals surface area (Å²) in [5.41, 5.74) is 2.07. The van der Waals surface area contributed by atoms with Crippen molar-refractivity contribution >= 4 is 21.6 Å². The van der Waals surface area contributed by atoms with E-state index < -0.39 is 10.0 Å². The fraction of sp³-hybridized carbons (Fsp3) is 0.480. The van der Waals surface area contributed by atoms with E-state index in [9.17, 15) is 13.2 Å². The third-order valence-electron chi connectivity index (χ3n) is 7.41. The van der Waals surface area contributed by atoms with Crippen molar-refractivity contribution in [2.75, 3.05) is 31.0 Å². The molecule has 32 heavy (non-hydrogen) atoms. The van der Waals surface area contributed by atoms with E-state index >= 15 is 0 Å². The van der Waals surface area contributed by atoms with Gasteiger partial charge in [-0.25, -0.2) is 8.42 Å². The predicted molar refractivity (Wildman–Crippen MR) is 124 cm³/mol. The van der Waals surface area contributed by atoms with Crippen LogP contribution in [0.2, 0.25) is 0 Å². The van der Waals surface area contributed by atoms with Crippen LogP contribution in [0.5, 0.6) is 5.75 Å². The number of amides is 1. The molecule has 1 saturated carbocycles. The number of benzene rings is 2. The molecular weight excluding hydrogens is 424 g/mol. The summed E-state index contributed by atoms with van der Waals surface area (Å²) >= 11 is 0. The fourth-order valence-corrected chi connectivity index (χ4v) is 7.19. The first-order chi connectivity index (χ1) is 15.5. The number of piperidine rings is 1. The molecule has 0 spiro atoms. The fourth-order valence-electron chi connectivity index (χ4n) is 5.66. The molecule has 0 N–H and O–H groups in total. The third-order valence-corrected chi connectivity index (χ3v) is 9.22. The van der Waals surface area contributed by atoms with Crippen molar-refractivity contribution in [1.82, 2.24) is 4.90 Å². The highest BCUT2D eigenvalue weighted by atomic mass is 32.2. The molecule has 2 fully saturated rings. The number of carbonyl (C=O) groups excluding carboxylic acids is 1. The second-order valence-corrected chi connectivity index (χ2v) is 11.0. The van der Waals surface area contributed by atoms with Crippen LogP contribution in [0.25, 0.3) is 0 Å². The number of hydrogen-bond donors (Lipinski definition) is 0. The van der Waals surface area contributed by atoms with E-state index in [0.29, 0.717) is 30.2 Å². The molecule has 2 aromatic rings. The maximum atomic E-state index is 13.5. The number of anilines is 1. The van der Waals surface area contributed by atoms with E-state index in [1.54, 1.807) is 12.1 Å². The van der Waals surface area contributed by atoms with Crippen LogP contribution in [0.3, 0.4) is 0 Å². The van der Waals surface area contributed by atoms with Gasteiger partial charge in [0.15, 0.2) is 0 Å². The van der Waals surface area contributed by atoms with Gasteiger partial charge in [0.1, 0.15) is 5.75 Å². The Balaban J connectivity index is 1.45. The molecule has 2 heterocycles. The molecule has 6 nitrogen and oxygen atoms in total. The van der Waals surface area contributed by atoms with Gasteiger partial charge in [0, 0.05) is 19.6 Å². The number of sulfonamides is 1. The van der Waals surface area contributed by atoms with Crippen molar-refractivity contribution < 1.29 is 17.9 Å². The second kappa shape index (κ2) is 8.43. The highest BCUT2D eigenvalue weighted by molar-refractivity contribution is 7.92. The zero-order valence-corrected chi connectivity index (χ0v) is 19.3. The van der Waals surface area contributed by atoms with Crippen LogP contribution in [0.15, 0.2) is 47.4 Å². The maximum absolute atomic E-state index is 13.5. The van der Waals surface area contributed by atoms with Crippen molar-refractivity contribution in [3.63, 3.8) is 0 Å². The summed E-state index contributed by atoms with van der Waals surface area (Å²) in [6.07, 6.45) is 6.68. The van der Waals surface area contributed by atoms with Crippen LogP contribution in [0.1, 0.15) is 48.0 Å². The van der Waals surface area contributed by atoms with Gasteiger partial charge < -0.3 is 9.64 Å². The van der Waals surface area contributed by atoms with Crippen LogP contribution in [0, 0.1) is 11.8 Å². The lowest BCUT2D eigenvalue weighted by molar-refractivity contribution is 0.0518. The molecule has 0 radical (unpaired) electrons. The topological polar surface area (TPSA) is 66.9 Å². The normalized spacial score (nSPS) is 22.9. The Bertz CT molecular complexity index is 1130. The molecule has 1 amide bonds. The first-order valence-corrected chi connectivity index (χ1v) is 13.0. The van der Waals surface area contributed by atoms with Crippen molar-refractivity contribution in [1.29, 1.82) is 0 Å². The zero-order valence-electron chi connectivity index (χ0n) is 18.5. The molecule has 1 saturated heterocycles. The van der Waals surface area contributed by atoms with Crippen LogP contribution in [0.4, 0.5) is 5.69 Å². The Hall–Kier alpha value is -2.54. The Morgan fingerprint density at radius 3 is 2.59 bits per heavy atom. The first kappa shape index (κ1) is 21.3. The van der Waals surface area contributed by atoms with Gasteiger partial charge in [-0.15, -0.1) is 0 Å². The zero-order chi connectivity index (χ0) is 22.3. The third kappa shape index (κ3) is 3.66. The Morgan fingerprint density at radius 1 is 1.00 bits per heavy atom. The van der Waals surface area contributed by atoms with Crippen LogP contribution in [-0.2, 0) is 16.4 Å². The summed E-state index contributed by atoms with van der Waals surface area (Å²) in [4.78, 5) is 15.5. The van der Waals surface area contributed by atoms with Gasteiger partial charge in [-0.05, 0) is 60.9 Å². The molecule has 0 bridgehead atoms. The molecule has 2 aromatic carbocycles. The number of ether oxygens (including phenoxy) is 1. The predicted octanol–water partition coefficient (Wildman–Crippen LogP) is 4.10. The van der Waals surface area contributed by atoms with Crippen molar-refractivity contribution in [2.45, 2.75) is 43.4 Å². The number of para-hydroxylation sites is 1. The number of hydrogen-bond acceptors (Lipinski definition) is 4. The van der Waals surface area contributed by atoms with Gasteiger partial charge in [0.25, 0.3) is 15.9 Å². The minimum absolute atomic E-state index is 0.130. The quantitative estimate of drug-likeness (QED) is 0.698. The molecule has 170 valence electrons. The van der Waals surface area contributed by atoms with Crippen molar-refractivity contribution in [3.8, 4) is 5.75 Å². The van der Waals surface area contributed by atoms with Crippen molar-refractivity contribution in [2.24, 2.45) is 11.8 Å². The molecule has 7 heteroatoms. The molecule has 1 aliphatic carbocycles. The van der Waals surface area contributed by atoms with E-state index in [-0.39, 0.29) is 10.8 Å². The highest BCUT2D eigenvalue weighted by Crippen LogP contribution is 2.38. The Morgan fingerprint density at radius 2 is 1.78 bits per heavy atom. The number of rotatable bonds is 4. The molecule has 5 rings (SSSR count). The standard InChI is InChI=1S/C25H30N2O4S/c1-31-24-11-10-21(32(29,30)27-15-13-19-7-4-5-9-23(19)27)16-22(24)25(28)26-14-12-18-6-2-3-8-20(18)17-26/h4-5,7,9-11,16,18,20H,2-3,6,8,12-15,17H2,1H3/t18-,20-/m1/s1.